The van der Waals surface area contributed by atoms with Gasteiger partial charge in [-0.2, -0.15) is 0 Å². The number of H-pyrrole nitrogens is 1. The van der Waals surface area contributed by atoms with Gasteiger partial charge in [0.1, 0.15) is 17.2 Å². The van der Waals surface area contributed by atoms with Gasteiger partial charge in [-0.05, 0) is 55.5 Å². The van der Waals surface area contributed by atoms with E-state index in [1.54, 1.807) is 23.4 Å². The first-order chi connectivity index (χ1) is 15.5. The molecular formula is C24H23N5O3. The van der Waals surface area contributed by atoms with E-state index in [1.807, 2.05) is 24.3 Å². The number of hydrogen-bond acceptors (Lipinski definition) is 5. The molecule has 0 spiro atoms. The fourth-order valence-corrected chi connectivity index (χ4v) is 4.93. The molecule has 5 heterocycles. The predicted molar refractivity (Wildman–Crippen MR) is 121 cm³/mol. The van der Waals surface area contributed by atoms with E-state index in [2.05, 4.69) is 21.0 Å². The van der Waals surface area contributed by atoms with Gasteiger partial charge in [0.25, 0.3) is 11.5 Å². The first-order valence-electron chi connectivity index (χ1n) is 10.9. The van der Waals surface area contributed by atoms with Crippen LogP contribution in [0.1, 0.15) is 45.2 Å². The average molecular weight is 429 g/mol. The van der Waals surface area contributed by atoms with Crippen LogP contribution >= 0.6 is 0 Å². The standard InChI is InChI=1S/C24H23N5O3/c1-13-7-15-3-5-28(21(15)25-10-13)24(31)17-9-18-19(8-14(17)2)29-20(23(30)27-18)11-26-22(29)16-4-6-32-12-16/h7-11,16H,3-6,12H2,1-2H3,(H,27,30). The fourth-order valence-electron chi connectivity index (χ4n) is 4.93. The Morgan fingerprint density at radius 2 is 2.03 bits per heavy atom. The van der Waals surface area contributed by atoms with Crippen LogP contribution in [0.25, 0.3) is 16.6 Å². The molecule has 1 amide bonds. The summed E-state index contributed by atoms with van der Waals surface area (Å²) in [7, 11) is 0. The van der Waals surface area contributed by atoms with Gasteiger partial charge in [-0.15, -0.1) is 0 Å². The van der Waals surface area contributed by atoms with Crippen LogP contribution in [0, 0.1) is 13.8 Å². The van der Waals surface area contributed by atoms with Crippen molar-refractivity contribution in [2.45, 2.75) is 32.6 Å². The predicted octanol–water partition coefficient (Wildman–Crippen LogP) is 2.89. The molecule has 32 heavy (non-hydrogen) atoms. The number of nitrogens with one attached hydrogen (secondary N) is 1. The van der Waals surface area contributed by atoms with Gasteiger partial charge in [-0.1, -0.05) is 6.07 Å². The van der Waals surface area contributed by atoms with E-state index < -0.39 is 0 Å². The monoisotopic (exact) mass is 429 g/mol. The Bertz CT molecular complexity index is 1460. The molecule has 0 aliphatic carbocycles. The van der Waals surface area contributed by atoms with Crippen molar-refractivity contribution in [3.63, 3.8) is 0 Å². The number of hydrogen-bond donors (Lipinski definition) is 1. The molecule has 3 aromatic heterocycles. The number of benzene rings is 1. The number of fused-ring (bicyclic) bond motifs is 4. The number of aromatic nitrogens is 4. The zero-order chi connectivity index (χ0) is 22.0. The molecule has 2 aliphatic heterocycles. The van der Waals surface area contributed by atoms with Gasteiger partial charge in [0.2, 0.25) is 0 Å². The van der Waals surface area contributed by atoms with E-state index >= 15 is 0 Å². The number of ether oxygens (including phenoxy) is 1. The Morgan fingerprint density at radius 1 is 1.16 bits per heavy atom. The molecule has 8 heteroatoms. The van der Waals surface area contributed by atoms with Crippen LogP contribution in [0.3, 0.4) is 0 Å². The van der Waals surface area contributed by atoms with E-state index in [0.717, 1.165) is 46.7 Å². The summed E-state index contributed by atoms with van der Waals surface area (Å²) in [6.07, 6.45) is 5.08. The third-order valence-corrected chi connectivity index (χ3v) is 6.56. The SMILES string of the molecule is Cc1cnc2c(c1)CCN2C(=O)c1cc2[nH]c(=O)c3cnc(C4CCOC4)n3c2cc1C. The van der Waals surface area contributed by atoms with Crippen molar-refractivity contribution in [2.75, 3.05) is 24.7 Å². The highest BCUT2D eigenvalue weighted by Crippen LogP contribution is 2.30. The van der Waals surface area contributed by atoms with Crippen molar-refractivity contribution in [3.05, 3.63) is 69.0 Å². The molecule has 4 aromatic rings. The van der Waals surface area contributed by atoms with Gasteiger partial charge in [0, 0.05) is 30.8 Å². The molecule has 1 aromatic carbocycles. The highest BCUT2D eigenvalue weighted by molar-refractivity contribution is 6.09. The highest BCUT2D eigenvalue weighted by Gasteiger charge is 2.29. The summed E-state index contributed by atoms with van der Waals surface area (Å²) < 4.78 is 7.46. The molecule has 162 valence electrons. The van der Waals surface area contributed by atoms with Crippen LogP contribution in [0.15, 0.2) is 35.4 Å². The van der Waals surface area contributed by atoms with Gasteiger partial charge in [0.15, 0.2) is 0 Å². The zero-order valence-corrected chi connectivity index (χ0v) is 18.0. The molecule has 1 atom stereocenters. The number of anilines is 1. The second kappa shape index (κ2) is 7.00. The Hall–Kier alpha value is -3.52. The molecular weight excluding hydrogens is 406 g/mol. The first kappa shape index (κ1) is 19.2. The van der Waals surface area contributed by atoms with Gasteiger partial charge < -0.3 is 9.72 Å². The minimum absolute atomic E-state index is 0.101. The van der Waals surface area contributed by atoms with E-state index in [4.69, 9.17) is 4.74 Å². The van der Waals surface area contributed by atoms with Crippen LogP contribution in [-0.2, 0) is 11.2 Å². The molecule has 1 fully saturated rings. The molecule has 2 aliphatic rings. The van der Waals surface area contributed by atoms with Gasteiger partial charge in [-0.3, -0.25) is 18.9 Å². The second-order valence-electron chi connectivity index (χ2n) is 8.74. The number of amides is 1. The van der Waals surface area contributed by atoms with Crippen molar-refractivity contribution in [3.8, 4) is 0 Å². The van der Waals surface area contributed by atoms with Crippen molar-refractivity contribution in [1.82, 2.24) is 19.4 Å². The van der Waals surface area contributed by atoms with Crippen LogP contribution in [-0.4, -0.2) is 45.0 Å². The number of aryl methyl sites for hydroxylation is 2. The number of rotatable bonds is 2. The molecule has 1 saturated heterocycles. The summed E-state index contributed by atoms with van der Waals surface area (Å²) in [6.45, 7) is 5.83. The minimum atomic E-state index is -0.221. The summed E-state index contributed by atoms with van der Waals surface area (Å²) >= 11 is 0. The zero-order valence-electron chi connectivity index (χ0n) is 18.0. The van der Waals surface area contributed by atoms with Crippen LogP contribution in [0.2, 0.25) is 0 Å². The topological polar surface area (TPSA) is 92.6 Å². The first-order valence-corrected chi connectivity index (χ1v) is 10.9. The third-order valence-electron chi connectivity index (χ3n) is 6.56. The van der Waals surface area contributed by atoms with Crippen molar-refractivity contribution in [1.29, 1.82) is 0 Å². The van der Waals surface area contributed by atoms with E-state index in [0.29, 0.717) is 36.4 Å². The lowest BCUT2D eigenvalue weighted by Gasteiger charge is -2.18. The Balaban J connectivity index is 1.49. The molecule has 0 saturated carbocycles. The van der Waals surface area contributed by atoms with Gasteiger partial charge in [-0.25, -0.2) is 9.97 Å². The second-order valence-corrected chi connectivity index (χ2v) is 8.74. The summed E-state index contributed by atoms with van der Waals surface area (Å²) in [6, 6.07) is 5.84. The number of pyridine rings is 1. The third kappa shape index (κ3) is 2.79. The molecule has 0 radical (unpaired) electrons. The van der Waals surface area contributed by atoms with Gasteiger partial charge in [0.05, 0.1) is 23.8 Å². The molecule has 0 bridgehead atoms. The quantitative estimate of drug-likeness (QED) is 0.529. The van der Waals surface area contributed by atoms with Crippen molar-refractivity contribution in [2.24, 2.45) is 0 Å². The maximum Gasteiger partial charge on any atom is 0.274 e. The lowest BCUT2D eigenvalue weighted by molar-refractivity contribution is 0.0988. The smallest absolute Gasteiger partial charge is 0.274 e. The van der Waals surface area contributed by atoms with Crippen LogP contribution in [0.5, 0.6) is 0 Å². The maximum absolute atomic E-state index is 13.5. The summed E-state index contributed by atoms with van der Waals surface area (Å²) in [5, 5.41) is 0. The fraction of sp³-hybridized carbons (Fsp3) is 0.333. The molecule has 1 unspecified atom stereocenters. The summed E-state index contributed by atoms with van der Waals surface area (Å²) in [5.74, 6) is 1.61. The lowest BCUT2D eigenvalue weighted by atomic mass is 10.0. The summed E-state index contributed by atoms with van der Waals surface area (Å²) in [4.78, 5) is 40.0. The van der Waals surface area contributed by atoms with Gasteiger partial charge >= 0.3 is 0 Å². The number of carbonyl (C=O) groups is 1. The number of imidazole rings is 1. The van der Waals surface area contributed by atoms with Crippen molar-refractivity contribution >= 4 is 28.3 Å². The van der Waals surface area contributed by atoms with E-state index in [9.17, 15) is 9.59 Å². The normalized spacial score (nSPS) is 18.1. The van der Waals surface area contributed by atoms with Crippen LogP contribution in [0.4, 0.5) is 5.82 Å². The number of nitrogens with zero attached hydrogens (tertiary/aromatic N) is 4. The summed E-state index contributed by atoms with van der Waals surface area (Å²) in [5.41, 5.74) is 5.33. The Morgan fingerprint density at radius 3 is 2.84 bits per heavy atom. The Labute approximate surface area is 183 Å². The van der Waals surface area contributed by atoms with E-state index in [1.165, 1.54) is 0 Å². The number of carbonyl (C=O) groups excluding carboxylic acids is 1. The van der Waals surface area contributed by atoms with Crippen LogP contribution < -0.4 is 10.5 Å². The highest BCUT2D eigenvalue weighted by atomic mass is 16.5. The molecule has 6 rings (SSSR count). The number of aromatic amines is 1. The average Bonchev–Trinajstić information content (AvgIpc) is 3.52. The molecule has 1 N–H and O–H groups in total. The van der Waals surface area contributed by atoms with Crippen molar-refractivity contribution < 1.29 is 9.53 Å². The minimum Gasteiger partial charge on any atom is -0.381 e. The molecule has 8 nitrogen and oxygen atoms in total. The Kier molecular flexibility index (Phi) is 4.19. The largest absolute Gasteiger partial charge is 0.381 e. The van der Waals surface area contributed by atoms with E-state index in [-0.39, 0.29) is 17.4 Å². The lowest BCUT2D eigenvalue weighted by Crippen LogP contribution is -2.30. The maximum atomic E-state index is 13.5.